The quantitative estimate of drug-likeness (QED) is 0.428. The van der Waals surface area contributed by atoms with Gasteiger partial charge in [0.1, 0.15) is 6.21 Å². The molecule has 0 aliphatic rings. The first-order chi connectivity index (χ1) is 15.6. The number of benzene rings is 2. The summed E-state index contributed by atoms with van der Waals surface area (Å²) in [5, 5.41) is 5.62. The number of hydrogen-bond donors (Lipinski definition) is 1. The molecular formula is C22H24F3N3O5. The van der Waals surface area contributed by atoms with Crippen molar-refractivity contribution in [3.05, 3.63) is 53.6 Å². The molecule has 0 bridgehead atoms. The van der Waals surface area contributed by atoms with Crippen LogP contribution in [0.2, 0.25) is 0 Å². The van der Waals surface area contributed by atoms with Gasteiger partial charge in [-0.2, -0.15) is 13.2 Å². The highest BCUT2D eigenvalue weighted by Crippen LogP contribution is 2.30. The first-order valence-electron chi connectivity index (χ1n) is 9.72. The van der Waals surface area contributed by atoms with E-state index in [2.05, 4.69) is 10.5 Å². The number of nitrogens with zero attached hydrogens (tertiary/aromatic N) is 2. The SMILES string of the molecule is COc1ccc(CCN(C)C(=O)CO/N=C/C(=O)Nc2cccc(C(F)(F)F)c2)cc1OC. The number of oxime groups is 1. The number of amides is 2. The summed E-state index contributed by atoms with van der Waals surface area (Å²) in [7, 11) is 4.67. The largest absolute Gasteiger partial charge is 0.493 e. The van der Waals surface area contributed by atoms with E-state index in [-0.39, 0.29) is 11.6 Å². The van der Waals surface area contributed by atoms with Gasteiger partial charge in [0.05, 0.1) is 19.8 Å². The second kappa shape index (κ2) is 11.7. The molecule has 2 amide bonds. The number of methoxy groups -OCH3 is 2. The standard InChI is InChI=1S/C22H24F3N3O5/c1-28(10-9-15-7-8-18(31-2)19(11-15)32-3)21(30)14-33-26-13-20(29)27-17-6-4-5-16(12-17)22(23,24)25/h4-8,11-13H,9-10,14H2,1-3H3,(H,27,29)/b26-13+. The molecule has 2 aromatic carbocycles. The van der Waals surface area contributed by atoms with Gasteiger partial charge in [-0.25, -0.2) is 0 Å². The zero-order valence-electron chi connectivity index (χ0n) is 18.3. The average Bonchev–Trinajstić information content (AvgIpc) is 2.79. The molecule has 0 spiro atoms. The monoisotopic (exact) mass is 467 g/mol. The van der Waals surface area contributed by atoms with Gasteiger partial charge in [0.2, 0.25) is 0 Å². The van der Waals surface area contributed by atoms with Gasteiger partial charge in [0, 0.05) is 19.3 Å². The molecular weight excluding hydrogens is 443 g/mol. The molecule has 0 saturated carbocycles. The van der Waals surface area contributed by atoms with Crippen molar-refractivity contribution in [3.63, 3.8) is 0 Å². The minimum Gasteiger partial charge on any atom is -0.493 e. The fourth-order valence-electron chi connectivity index (χ4n) is 2.69. The zero-order chi connectivity index (χ0) is 24.4. The predicted molar refractivity (Wildman–Crippen MR) is 115 cm³/mol. The lowest BCUT2D eigenvalue weighted by Crippen LogP contribution is -2.31. The Hall–Kier alpha value is -3.76. The van der Waals surface area contributed by atoms with Gasteiger partial charge in [0.25, 0.3) is 11.8 Å². The first-order valence-corrected chi connectivity index (χ1v) is 9.72. The van der Waals surface area contributed by atoms with Crippen LogP contribution < -0.4 is 14.8 Å². The molecule has 0 heterocycles. The van der Waals surface area contributed by atoms with E-state index < -0.39 is 24.3 Å². The maximum Gasteiger partial charge on any atom is 0.416 e. The summed E-state index contributed by atoms with van der Waals surface area (Å²) in [5.41, 5.74) is -0.0000403. The minimum atomic E-state index is -4.52. The van der Waals surface area contributed by atoms with E-state index in [1.54, 1.807) is 20.2 Å². The van der Waals surface area contributed by atoms with Crippen molar-refractivity contribution in [2.24, 2.45) is 5.16 Å². The second-order valence-electron chi connectivity index (χ2n) is 6.83. The Balaban J connectivity index is 1.77. The molecule has 8 nitrogen and oxygen atoms in total. The Kier molecular flexibility index (Phi) is 9.08. The third-order valence-electron chi connectivity index (χ3n) is 4.50. The van der Waals surface area contributed by atoms with Gasteiger partial charge in [-0.05, 0) is 42.3 Å². The summed E-state index contributed by atoms with van der Waals surface area (Å²) >= 11 is 0. The Bertz CT molecular complexity index is 995. The smallest absolute Gasteiger partial charge is 0.416 e. The second-order valence-corrected chi connectivity index (χ2v) is 6.83. The van der Waals surface area contributed by atoms with E-state index in [1.165, 1.54) is 24.1 Å². The Morgan fingerprint density at radius 2 is 1.82 bits per heavy atom. The number of rotatable bonds is 10. The third kappa shape index (κ3) is 8.02. The number of carbonyl (C=O) groups is 2. The molecule has 0 aliphatic carbocycles. The molecule has 0 aliphatic heterocycles. The van der Waals surface area contributed by atoms with E-state index in [0.29, 0.717) is 24.5 Å². The molecule has 1 N–H and O–H groups in total. The third-order valence-corrected chi connectivity index (χ3v) is 4.50. The van der Waals surface area contributed by atoms with Crippen LogP contribution in [-0.2, 0) is 27.0 Å². The minimum absolute atomic E-state index is 0.0488. The van der Waals surface area contributed by atoms with E-state index in [1.807, 2.05) is 12.1 Å². The van der Waals surface area contributed by atoms with Gasteiger partial charge in [-0.15, -0.1) is 0 Å². The Morgan fingerprint density at radius 3 is 2.48 bits per heavy atom. The van der Waals surface area contributed by atoms with Crippen molar-refractivity contribution < 1.29 is 37.1 Å². The topological polar surface area (TPSA) is 89.5 Å². The van der Waals surface area contributed by atoms with Crippen molar-refractivity contribution in [2.75, 3.05) is 39.7 Å². The van der Waals surface area contributed by atoms with Crippen molar-refractivity contribution in [1.82, 2.24) is 4.90 Å². The van der Waals surface area contributed by atoms with Gasteiger partial charge in [-0.1, -0.05) is 17.3 Å². The van der Waals surface area contributed by atoms with Crippen LogP contribution in [0.25, 0.3) is 0 Å². The molecule has 0 unspecified atom stereocenters. The lowest BCUT2D eigenvalue weighted by Gasteiger charge is -2.17. The average molecular weight is 467 g/mol. The van der Waals surface area contributed by atoms with E-state index >= 15 is 0 Å². The van der Waals surface area contributed by atoms with Crippen LogP contribution in [0.5, 0.6) is 11.5 Å². The molecule has 0 saturated heterocycles. The highest BCUT2D eigenvalue weighted by atomic mass is 19.4. The molecule has 0 fully saturated rings. The predicted octanol–water partition coefficient (Wildman–Crippen LogP) is 3.36. The number of halogens is 3. The lowest BCUT2D eigenvalue weighted by atomic mass is 10.1. The highest BCUT2D eigenvalue weighted by Gasteiger charge is 2.30. The first kappa shape index (κ1) is 25.5. The van der Waals surface area contributed by atoms with Crippen molar-refractivity contribution in [3.8, 4) is 11.5 Å². The number of hydrogen-bond acceptors (Lipinski definition) is 6. The Labute approximate surface area is 188 Å². The molecule has 2 aromatic rings. The molecule has 33 heavy (non-hydrogen) atoms. The number of nitrogens with one attached hydrogen (secondary N) is 1. The van der Waals surface area contributed by atoms with Crippen molar-refractivity contribution >= 4 is 23.7 Å². The van der Waals surface area contributed by atoms with Crippen molar-refractivity contribution in [1.29, 1.82) is 0 Å². The summed E-state index contributed by atoms with van der Waals surface area (Å²) in [5.74, 6) is 0.0218. The lowest BCUT2D eigenvalue weighted by molar-refractivity contribution is -0.137. The van der Waals surface area contributed by atoms with E-state index in [9.17, 15) is 22.8 Å². The van der Waals surface area contributed by atoms with Crippen LogP contribution in [0.1, 0.15) is 11.1 Å². The number of anilines is 1. The molecule has 178 valence electrons. The fourth-order valence-corrected chi connectivity index (χ4v) is 2.69. The highest BCUT2D eigenvalue weighted by molar-refractivity contribution is 6.31. The van der Waals surface area contributed by atoms with Crippen LogP contribution in [0.4, 0.5) is 18.9 Å². The number of likely N-dealkylation sites (N-methyl/N-ethyl adjacent to an activating group) is 1. The molecule has 2 rings (SSSR count). The number of carbonyl (C=O) groups excluding carboxylic acids is 2. The maximum atomic E-state index is 12.7. The van der Waals surface area contributed by atoms with E-state index in [0.717, 1.165) is 23.9 Å². The van der Waals surface area contributed by atoms with Gasteiger partial charge < -0.3 is 24.5 Å². The van der Waals surface area contributed by atoms with Gasteiger partial charge >= 0.3 is 6.18 Å². The summed E-state index contributed by atoms with van der Waals surface area (Å²) < 4.78 is 48.6. The fraction of sp³-hybridized carbons (Fsp3) is 0.318. The zero-order valence-corrected chi connectivity index (χ0v) is 18.3. The molecule has 0 aromatic heterocycles. The maximum absolute atomic E-state index is 12.7. The van der Waals surface area contributed by atoms with Gasteiger partial charge in [-0.3, -0.25) is 9.59 Å². The van der Waals surface area contributed by atoms with Crippen LogP contribution in [-0.4, -0.2) is 57.3 Å². The molecule has 0 radical (unpaired) electrons. The van der Waals surface area contributed by atoms with Crippen LogP contribution >= 0.6 is 0 Å². The molecule has 0 atom stereocenters. The normalized spacial score (nSPS) is 11.2. The number of alkyl halides is 3. The Morgan fingerprint density at radius 1 is 1.09 bits per heavy atom. The van der Waals surface area contributed by atoms with Gasteiger partial charge in [0.15, 0.2) is 18.1 Å². The van der Waals surface area contributed by atoms with Crippen LogP contribution in [0, 0.1) is 0 Å². The van der Waals surface area contributed by atoms with Crippen molar-refractivity contribution in [2.45, 2.75) is 12.6 Å². The van der Waals surface area contributed by atoms with Crippen LogP contribution in [0.15, 0.2) is 47.6 Å². The summed E-state index contributed by atoms with van der Waals surface area (Å²) in [4.78, 5) is 30.2. The van der Waals surface area contributed by atoms with Crippen LogP contribution in [0.3, 0.4) is 0 Å². The number of ether oxygens (including phenoxy) is 2. The molecule has 11 heteroatoms. The van der Waals surface area contributed by atoms with E-state index in [4.69, 9.17) is 14.3 Å². The summed E-state index contributed by atoms with van der Waals surface area (Å²) in [6, 6.07) is 9.62. The summed E-state index contributed by atoms with van der Waals surface area (Å²) in [6.45, 7) is -0.00675. The summed E-state index contributed by atoms with van der Waals surface area (Å²) in [6.07, 6.45) is -3.23.